The molecule has 3 N–H and O–H groups in total. The van der Waals surface area contributed by atoms with Crippen LogP contribution in [0.15, 0.2) is 4.99 Å². The Hall–Kier alpha value is -0.0500. The summed E-state index contributed by atoms with van der Waals surface area (Å²) in [7, 11) is -2.95. The van der Waals surface area contributed by atoms with Crippen molar-refractivity contribution < 1.29 is 8.42 Å². The zero-order valence-corrected chi connectivity index (χ0v) is 14.4. The van der Waals surface area contributed by atoms with Gasteiger partial charge in [0.2, 0.25) is 0 Å². The SMILES string of the molecule is CC(C)(C)NC(N)=NCC1CCCCS1(=O)=O.I. The number of halogens is 1. The van der Waals surface area contributed by atoms with Crippen LogP contribution in [0.3, 0.4) is 0 Å². The number of guanidine groups is 1. The molecular weight excluding hydrogens is 365 g/mol. The van der Waals surface area contributed by atoms with Crippen molar-refractivity contribution >= 4 is 39.8 Å². The lowest BCUT2D eigenvalue weighted by Gasteiger charge is -2.23. The Bertz CT molecular complexity index is 388. The van der Waals surface area contributed by atoms with Crippen LogP contribution < -0.4 is 11.1 Å². The smallest absolute Gasteiger partial charge is 0.189 e. The quantitative estimate of drug-likeness (QED) is 0.423. The number of hydrogen-bond acceptors (Lipinski definition) is 3. The largest absolute Gasteiger partial charge is 0.370 e. The van der Waals surface area contributed by atoms with Crippen molar-refractivity contribution in [1.82, 2.24) is 5.32 Å². The molecule has 0 aromatic carbocycles. The van der Waals surface area contributed by atoms with E-state index in [1.165, 1.54) is 0 Å². The van der Waals surface area contributed by atoms with Crippen molar-refractivity contribution in [2.75, 3.05) is 12.3 Å². The van der Waals surface area contributed by atoms with Gasteiger partial charge in [0.15, 0.2) is 15.8 Å². The van der Waals surface area contributed by atoms with Gasteiger partial charge in [0, 0.05) is 5.54 Å². The molecule has 0 radical (unpaired) electrons. The maximum absolute atomic E-state index is 11.7. The summed E-state index contributed by atoms with van der Waals surface area (Å²) in [5, 5.41) is 2.67. The van der Waals surface area contributed by atoms with E-state index in [1.54, 1.807) is 0 Å². The summed E-state index contributed by atoms with van der Waals surface area (Å²) in [6.45, 7) is 6.21. The summed E-state index contributed by atoms with van der Waals surface area (Å²) in [6.07, 6.45) is 2.44. The highest BCUT2D eigenvalue weighted by molar-refractivity contribution is 14.0. The van der Waals surface area contributed by atoms with Crippen LogP contribution in [0.25, 0.3) is 0 Å². The van der Waals surface area contributed by atoms with E-state index in [-0.39, 0.29) is 41.3 Å². The van der Waals surface area contributed by atoms with Gasteiger partial charge in [-0.05, 0) is 33.6 Å². The van der Waals surface area contributed by atoms with E-state index in [0.29, 0.717) is 18.1 Å². The zero-order chi connectivity index (χ0) is 13.1. The summed E-state index contributed by atoms with van der Waals surface area (Å²) >= 11 is 0. The summed E-state index contributed by atoms with van der Waals surface area (Å²) in [4.78, 5) is 4.13. The number of nitrogens with zero attached hydrogens (tertiary/aromatic N) is 1. The number of nitrogens with two attached hydrogens (primary N) is 1. The van der Waals surface area contributed by atoms with Crippen molar-refractivity contribution in [2.45, 2.75) is 50.8 Å². The third kappa shape index (κ3) is 6.21. The van der Waals surface area contributed by atoms with Gasteiger partial charge in [0.1, 0.15) is 0 Å². The second-order valence-corrected chi connectivity index (χ2v) is 7.99. The minimum Gasteiger partial charge on any atom is -0.370 e. The molecule has 1 saturated heterocycles. The molecule has 1 atom stereocenters. The minimum atomic E-state index is -2.95. The van der Waals surface area contributed by atoms with E-state index in [0.717, 1.165) is 12.8 Å². The third-order valence-corrected chi connectivity index (χ3v) is 4.94. The Balaban J connectivity index is 0.00000289. The average Bonchev–Trinajstić information content (AvgIpc) is 2.12. The monoisotopic (exact) mass is 389 g/mol. The van der Waals surface area contributed by atoms with Crippen LogP contribution >= 0.6 is 24.0 Å². The predicted molar refractivity (Wildman–Crippen MR) is 86.2 cm³/mol. The van der Waals surface area contributed by atoms with Gasteiger partial charge < -0.3 is 11.1 Å². The van der Waals surface area contributed by atoms with Crippen molar-refractivity contribution in [1.29, 1.82) is 0 Å². The minimum absolute atomic E-state index is 0. The summed E-state index contributed by atoms with van der Waals surface area (Å²) < 4.78 is 23.5. The Kier molecular flexibility index (Phi) is 6.91. The number of aliphatic imine (C=N–C) groups is 1. The normalized spacial score (nSPS) is 24.2. The maximum Gasteiger partial charge on any atom is 0.189 e. The second kappa shape index (κ2) is 6.93. The van der Waals surface area contributed by atoms with Gasteiger partial charge in [-0.3, -0.25) is 4.99 Å². The Morgan fingerprint density at radius 2 is 2.00 bits per heavy atom. The number of hydrogen-bond donors (Lipinski definition) is 2. The summed E-state index contributed by atoms with van der Waals surface area (Å²) in [5.74, 6) is 0.609. The first kappa shape index (κ1) is 17.9. The molecule has 0 aliphatic carbocycles. The Morgan fingerprint density at radius 1 is 1.39 bits per heavy atom. The molecule has 0 bridgehead atoms. The Morgan fingerprint density at radius 3 is 2.50 bits per heavy atom. The highest BCUT2D eigenvalue weighted by atomic mass is 127. The molecule has 0 spiro atoms. The molecule has 1 heterocycles. The van der Waals surface area contributed by atoms with Gasteiger partial charge in [-0.2, -0.15) is 0 Å². The molecule has 1 rings (SSSR count). The third-order valence-electron chi connectivity index (χ3n) is 2.68. The van der Waals surface area contributed by atoms with Crippen LogP contribution in [0.2, 0.25) is 0 Å². The molecule has 1 fully saturated rings. The number of rotatable bonds is 2. The van der Waals surface area contributed by atoms with Crippen molar-refractivity contribution in [3.8, 4) is 0 Å². The molecule has 0 saturated carbocycles. The summed E-state index contributed by atoms with van der Waals surface area (Å²) in [6, 6.07) is 0. The van der Waals surface area contributed by atoms with Crippen LogP contribution in [0.5, 0.6) is 0 Å². The van der Waals surface area contributed by atoms with Crippen LogP contribution in [0, 0.1) is 0 Å². The van der Waals surface area contributed by atoms with E-state index in [2.05, 4.69) is 10.3 Å². The molecule has 0 aromatic rings. The molecule has 7 heteroatoms. The van der Waals surface area contributed by atoms with E-state index in [9.17, 15) is 8.42 Å². The first-order valence-electron chi connectivity index (χ1n) is 6.00. The van der Waals surface area contributed by atoms with Gasteiger partial charge in [-0.25, -0.2) is 8.42 Å². The molecule has 1 aliphatic heterocycles. The van der Waals surface area contributed by atoms with Gasteiger partial charge in [-0.1, -0.05) is 6.42 Å². The van der Waals surface area contributed by atoms with Crippen LogP contribution in [0.4, 0.5) is 0 Å². The molecular formula is C11H24IN3O2S. The maximum atomic E-state index is 11.7. The van der Waals surface area contributed by atoms with E-state index in [1.807, 2.05) is 20.8 Å². The number of sulfone groups is 1. The van der Waals surface area contributed by atoms with E-state index >= 15 is 0 Å². The Labute approximate surface area is 127 Å². The summed E-state index contributed by atoms with van der Waals surface area (Å²) in [5.41, 5.74) is 5.56. The van der Waals surface area contributed by atoms with Crippen molar-refractivity contribution in [3.05, 3.63) is 0 Å². The lowest BCUT2D eigenvalue weighted by atomic mass is 10.1. The molecule has 18 heavy (non-hydrogen) atoms. The fraction of sp³-hybridized carbons (Fsp3) is 0.909. The predicted octanol–water partition coefficient (Wildman–Crippen LogP) is 1.27. The van der Waals surface area contributed by atoms with Crippen LogP contribution in [-0.4, -0.2) is 37.5 Å². The van der Waals surface area contributed by atoms with E-state index < -0.39 is 9.84 Å². The fourth-order valence-electron chi connectivity index (χ4n) is 1.85. The second-order valence-electron chi connectivity index (χ2n) is 5.59. The molecule has 0 aromatic heterocycles. The van der Waals surface area contributed by atoms with Crippen molar-refractivity contribution in [2.24, 2.45) is 10.7 Å². The van der Waals surface area contributed by atoms with Gasteiger partial charge in [-0.15, -0.1) is 24.0 Å². The highest BCUT2D eigenvalue weighted by Gasteiger charge is 2.28. The van der Waals surface area contributed by atoms with E-state index in [4.69, 9.17) is 5.73 Å². The molecule has 5 nitrogen and oxygen atoms in total. The van der Waals surface area contributed by atoms with Gasteiger partial charge in [0.25, 0.3) is 0 Å². The molecule has 108 valence electrons. The number of nitrogens with one attached hydrogen (secondary N) is 1. The first-order valence-corrected chi connectivity index (χ1v) is 7.72. The lowest BCUT2D eigenvalue weighted by Crippen LogP contribution is -2.45. The van der Waals surface area contributed by atoms with Crippen LogP contribution in [0.1, 0.15) is 40.0 Å². The first-order chi connectivity index (χ1) is 7.71. The van der Waals surface area contributed by atoms with Gasteiger partial charge in [0.05, 0.1) is 17.5 Å². The standard InChI is InChI=1S/C11H23N3O2S.HI/c1-11(2,3)14-10(12)13-8-9-6-4-5-7-17(9,15)16;/h9H,4-8H2,1-3H3,(H3,12,13,14);1H. The topological polar surface area (TPSA) is 84.5 Å². The lowest BCUT2D eigenvalue weighted by molar-refractivity contribution is 0.507. The van der Waals surface area contributed by atoms with Crippen LogP contribution in [-0.2, 0) is 9.84 Å². The average molecular weight is 389 g/mol. The molecule has 0 amide bonds. The zero-order valence-electron chi connectivity index (χ0n) is 11.3. The fourth-order valence-corrected chi connectivity index (χ4v) is 3.62. The molecule has 1 aliphatic rings. The highest BCUT2D eigenvalue weighted by Crippen LogP contribution is 2.19. The molecule has 1 unspecified atom stereocenters. The van der Waals surface area contributed by atoms with Gasteiger partial charge >= 0.3 is 0 Å². The van der Waals surface area contributed by atoms with Crippen molar-refractivity contribution in [3.63, 3.8) is 0 Å².